The fraction of sp³-hybridized carbons (Fsp3) is 0.238. The van der Waals surface area contributed by atoms with Gasteiger partial charge in [-0.05, 0) is 48.0 Å². The number of carbonyl (C=O) groups is 1. The molecule has 0 aliphatic rings. The molecule has 0 unspecified atom stereocenters. The Hall–Kier alpha value is -4.08. The molecule has 0 aliphatic carbocycles. The Morgan fingerprint density at radius 2 is 1.81 bits per heavy atom. The normalized spacial score (nSPS) is 10.9. The molecule has 4 rings (SSSR count). The highest BCUT2D eigenvalue weighted by Gasteiger charge is 2.20. The minimum absolute atomic E-state index is 0.317. The zero-order chi connectivity index (χ0) is 22.1. The van der Waals surface area contributed by atoms with Crippen LogP contribution in [0.25, 0.3) is 16.6 Å². The van der Waals surface area contributed by atoms with Gasteiger partial charge in [0.2, 0.25) is 0 Å². The Morgan fingerprint density at radius 3 is 2.45 bits per heavy atom. The molecular formula is C21H22N6O4. The number of ether oxygens (including phenoxy) is 3. The van der Waals surface area contributed by atoms with E-state index < -0.39 is 0 Å². The Labute approximate surface area is 178 Å². The van der Waals surface area contributed by atoms with Gasteiger partial charge in [-0.3, -0.25) is 4.79 Å². The lowest BCUT2D eigenvalue weighted by Crippen LogP contribution is -2.13. The fourth-order valence-corrected chi connectivity index (χ4v) is 3.43. The summed E-state index contributed by atoms with van der Waals surface area (Å²) in [4.78, 5) is 16.1. The number of aromatic amines is 1. The van der Waals surface area contributed by atoms with Crippen molar-refractivity contribution in [2.75, 3.05) is 26.6 Å². The number of hydrogen-bond acceptors (Lipinski definition) is 7. The molecule has 10 heteroatoms. The molecule has 0 bridgehead atoms. The number of rotatable bonds is 6. The molecule has 0 aliphatic heterocycles. The number of fused-ring (bicyclic) bond motifs is 1. The molecule has 0 spiro atoms. The zero-order valence-corrected chi connectivity index (χ0v) is 17.8. The first-order valence-electron chi connectivity index (χ1n) is 9.45. The molecule has 31 heavy (non-hydrogen) atoms. The second-order valence-electron chi connectivity index (χ2n) is 6.88. The van der Waals surface area contributed by atoms with Crippen LogP contribution in [0.1, 0.15) is 21.9 Å². The first kappa shape index (κ1) is 20.2. The number of amides is 1. The van der Waals surface area contributed by atoms with Gasteiger partial charge in [-0.15, -0.1) is 5.10 Å². The summed E-state index contributed by atoms with van der Waals surface area (Å²) < 4.78 is 17.9. The van der Waals surface area contributed by atoms with Gasteiger partial charge in [0.25, 0.3) is 5.91 Å². The lowest BCUT2D eigenvalue weighted by Gasteiger charge is -2.11. The number of methoxy groups -OCH3 is 3. The number of nitrogens with one attached hydrogen (secondary N) is 2. The van der Waals surface area contributed by atoms with E-state index in [2.05, 4.69) is 25.8 Å². The maximum Gasteiger partial charge on any atom is 0.272 e. The van der Waals surface area contributed by atoms with Crippen molar-refractivity contribution in [1.82, 2.24) is 25.2 Å². The van der Waals surface area contributed by atoms with E-state index in [0.29, 0.717) is 45.4 Å². The van der Waals surface area contributed by atoms with Crippen LogP contribution in [0, 0.1) is 13.8 Å². The quantitative estimate of drug-likeness (QED) is 0.491. The molecule has 1 amide bonds. The summed E-state index contributed by atoms with van der Waals surface area (Å²) in [7, 11) is 4.64. The van der Waals surface area contributed by atoms with Crippen molar-refractivity contribution in [3.8, 4) is 22.9 Å². The number of nitrogens with zero attached hydrogens (tertiary/aromatic N) is 4. The van der Waals surface area contributed by atoms with Crippen LogP contribution in [0.2, 0.25) is 0 Å². The van der Waals surface area contributed by atoms with Crippen LogP contribution in [0.3, 0.4) is 0 Å². The molecule has 10 nitrogen and oxygen atoms in total. The highest BCUT2D eigenvalue weighted by atomic mass is 16.5. The molecule has 4 aromatic rings. The Balaban J connectivity index is 1.70. The standard InChI is InChI=1S/C21H22N6O4/c1-11-6-7-13(8-16(11)27-12(2)24-25-26-27)22-21(28)15-9-14-17(29-3)10-18(30-4)20(31-5)19(14)23-15/h6-10,23H,1-5H3,(H,22,28). The average Bonchev–Trinajstić information content (AvgIpc) is 3.40. The van der Waals surface area contributed by atoms with Crippen molar-refractivity contribution in [3.05, 3.63) is 47.4 Å². The smallest absolute Gasteiger partial charge is 0.272 e. The maximum absolute atomic E-state index is 13.0. The van der Waals surface area contributed by atoms with Crippen molar-refractivity contribution >= 4 is 22.5 Å². The van der Waals surface area contributed by atoms with E-state index in [9.17, 15) is 4.79 Å². The van der Waals surface area contributed by atoms with E-state index in [1.807, 2.05) is 32.0 Å². The van der Waals surface area contributed by atoms with E-state index in [-0.39, 0.29) is 5.91 Å². The molecule has 0 saturated heterocycles. The zero-order valence-electron chi connectivity index (χ0n) is 17.8. The van der Waals surface area contributed by atoms with Crippen LogP contribution in [0.4, 0.5) is 5.69 Å². The molecule has 0 atom stereocenters. The predicted octanol–water partition coefficient (Wildman–Crippen LogP) is 3.04. The van der Waals surface area contributed by atoms with Gasteiger partial charge in [0, 0.05) is 17.1 Å². The Bertz CT molecular complexity index is 1280. The lowest BCUT2D eigenvalue weighted by molar-refractivity contribution is 0.102. The van der Waals surface area contributed by atoms with Gasteiger partial charge in [0.05, 0.1) is 32.5 Å². The van der Waals surface area contributed by atoms with Gasteiger partial charge in [-0.1, -0.05) is 6.07 Å². The molecule has 0 fully saturated rings. The van der Waals surface area contributed by atoms with E-state index in [1.165, 1.54) is 0 Å². The second-order valence-corrected chi connectivity index (χ2v) is 6.88. The van der Waals surface area contributed by atoms with Crippen LogP contribution in [-0.2, 0) is 0 Å². The van der Waals surface area contributed by atoms with Crippen LogP contribution in [-0.4, -0.2) is 52.4 Å². The molecule has 2 aromatic carbocycles. The lowest BCUT2D eigenvalue weighted by atomic mass is 10.1. The van der Waals surface area contributed by atoms with Gasteiger partial charge >= 0.3 is 0 Å². The Morgan fingerprint density at radius 1 is 1.03 bits per heavy atom. The number of hydrogen-bond donors (Lipinski definition) is 2. The van der Waals surface area contributed by atoms with Crippen LogP contribution in [0.15, 0.2) is 30.3 Å². The minimum atomic E-state index is -0.317. The number of aryl methyl sites for hydroxylation is 2. The molecule has 2 heterocycles. The molecular weight excluding hydrogens is 400 g/mol. The van der Waals surface area contributed by atoms with Crippen molar-refractivity contribution in [3.63, 3.8) is 0 Å². The summed E-state index contributed by atoms with van der Waals surface area (Å²) in [5.41, 5.74) is 3.32. The molecule has 160 valence electrons. The van der Waals surface area contributed by atoms with E-state index in [0.717, 1.165) is 11.3 Å². The minimum Gasteiger partial charge on any atom is -0.496 e. The van der Waals surface area contributed by atoms with Gasteiger partial charge in [-0.2, -0.15) is 4.68 Å². The van der Waals surface area contributed by atoms with E-state index >= 15 is 0 Å². The Kier molecular flexibility index (Phi) is 5.20. The van der Waals surface area contributed by atoms with Crippen LogP contribution < -0.4 is 19.5 Å². The number of tetrazole rings is 1. The number of carbonyl (C=O) groups excluding carboxylic acids is 1. The summed E-state index contributed by atoms with van der Waals surface area (Å²) in [5, 5.41) is 15.2. The maximum atomic E-state index is 13.0. The summed E-state index contributed by atoms with van der Waals surface area (Å²) >= 11 is 0. The monoisotopic (exact) mass is 422 g/mol. The third-order valence-electron chi connectivity index (χ3n) is 5.01. The highest BCUT2D eigenvalue weighted by Crippen LogP contribution is 2.41. The summed E-state index contributed by atoms with van der Waals surface area (Å²) in [5.74, 6) is 1.89. The molecule has 2 N–H and O–H groups in total. The van der Waals surface area contributed by atoms with Gasteiger partial charge in [0.1, 0.15) is 11.4 Å². The van der Waals surface area contributed by atoms with Crippen LogP contribution >= 0.6 is 0 Å². The molecule has 0 radical (unpaired) electrons. The van der Waals surface area contributed by atoms with Crippen molar-refractivity contribution in [2.45, 2.75) is 13.8 Å². The van der Waals surface area contributed by atoms with Gasteiger partial charge < -0.3 is 24.5 Å². The number of anilines is 1. The SMILES string of the molecule is COc1cc(OC)c2cc(C(=O)Nc3ccc(C)c(-n4nnnc4C)c3)[nH]c2c1OC. The highest BCUT2D eigenvalue weighted by molar-refractivity contribution is 6.08. The predicted molar refractivity (Wildman–Crippen MR) is 115 cm³/mol. The third kappa shape index (κ3) is 3.52. The first-order valence-corrected chi connectivity index (χ1v) is 9.45. The van der Waals surface area contributed by atoms with Gasteiger partial charge in [0.15, 0.2) is 17.3 Å². The second kappa shape index (κ2) is 7.98. The van der Waals surface area contributed by atoms with E-state index in [1.54, 1.807) is 38.1 Å². The summed E-state index contributed by atoms with van der Waals surface area (Å²) in [6.45, 7) is 3.76. The number of benzene rings is 2. The summed E-state index contributed by atoms with van der Waals surface area (Å²) in [6, 6.07) is 8.98. The average molecular weight is 422 g/mol. The first-order chi connectivity index (χ1) is 15.0. The number of H-pyrrole nitrogens is 1. The van der Waals surface area contributed by atoms with E-state index in [4.69, 9.17) is 14.2 Å². The van der Waals surface area contributed by atoms with Gasteiger partial charge in [-0.25, -0.2) is 0 Å². The largest absolute Gasteiger partial charge is 0.496 e. The molecule has 2 aromatic heterocycles. The summed E-state index contributed by atoms with van der Waals surface area (Å²) in [6.07, 6.45) is 0. The van der Waals surface area contributed by atoms with Crippen LogP contribution in [0.5, 0.6) is 17.2 Å². The third-order valence-corrected chi connectivity index (χ3v) is 5.01. The van der Waals surface area contributed by atoms with Crippen molar-refractivity contribution < 1.29 is 19.0 Å². The fourth-order valence-electron chi connectivity index (χ4n) is 3.43. The van der Waals surface area contributed by atoms with Crippen molar-refractivity contribution in [2.24, 2.45) is 0 Å². The topological polar surface area (TPSA) is 116 Å². The molecule has 0 saturated carbocycles. The number of aromatic nitrogens is 5. The van der Waals surface area contributed by atoms with Crippen molar-refractivity contribution in [1.29, 1.82) is 0 Å².